The van der Waals surface area contributed by atoms with Gasteiger partial charge in [-0.05, 0) is 12.8 Å². The summed E-state index contributed by atoms with van der Waals surface area (Å²) in [4.78, 5) is 41.1. The minimum Gasteiger partial charge on any atom is -0.389 e. The molecule has 12 heteroatoms. The summed E-state index contributed by atoms with van der Waals surface area (Å²) in [6.45, 7) is 0. The van der Waals surface area contributed by atoms with Crippen LogP contribution in [0, 0.1) is 0 Å². The van der Waals surface area contributed by atoms with Gasteiger partial charge in [-0.1, -0.05) is 0 Å². The van der Waals surface area contributed by atoms with Crippen LogP contribution in [0.25, 0.3) is 0 Å². The van der Waals surface area contributed by atoms with Crippen LogP contribution in [0.5, 0.6) is 5.88 Å². The van der Waals surface area contributed by atoms with Crippen molar-refractivity contribution >= 4 is 29.1 Å². The van der Waals surface area contributed by atoms with Crippen molar-refractivity contribution < 1.29 is 14.3 Å². The van der Waals surface area contributed by atoms with E-state index in [4.69, 9.17) is 4.74 Å². The maximum Gasteiger partial charge on any atom is 0.418 e. The van der Waals surface area contributed by atoms with Gasteiger partial charge >= 0.3 is 6.09 Å². The van der Waals surface area contributed by atoms with Gasteiger partial charge in [0.1, 0.15) is 17.8 Å². The van der Waals surface area contributed by atoms with Crippen molar-refractivity contribution in [3.8, 4) is 5.88 Å². The minimum absolute atomic E-state index is 0.0543. The Morgan fingerprint density at radius 1 is 1.17 bits per heavy atom. The standard InChI is InChI=1S/C18H19N9O3/c1-19-16(28)14-13(8-27(2)26-14)24-18(29)30-17-12(23-11-5-20-9-21-6-11)7-22-15(25-17)10-3-4-10/h5-10,23H,3-4H2,1-2H3,(H,19,28)(H,24,29). The number of aryl methyl sites for hydroxylation is 1. The maximum atomic E-state index is 12.5. The van der Waals surface area contributed by atoms with Gasteiger partial charge < -0.3 is 15.4 Å². The zero-order valence-corrected chi connectivity index (χ0v) is 16.3. The molecule has 3 aromatic rings. The highest BCUT2D eigenvalue weighted by atomic mass is 16.6. The predicted molar refractivity (Wildman–Crippen MR) is 106 cm³/mol. The lowest BCUT2D eigenvalue weighted by Crippen LogP contribution is -2.23. The number of hydrogen-bond acceptors (Lipinski definition) is 9. The number of aromatic nitrogens is 6. The Labute approximate surface area is 171 Å². The molecule has 1 fully saturated rings. The molecular formula is C18H19N9O3. The van der Waals surface area contributed by atoms with Gasteiger partial charge in [0.15, 0.2) is 5.69 Å². The first-order valence-electron chi connectivity index (χ1n) is 9.17. The van der Waals surface area contributed by atoms with Gasteiger partial charge in [-0.25, -0.2) is 19.7 Å². The molecule has 0 aliphatic heterocycles. The maximum absolute atomic E-state index is 12.5. The second-order valence-corrected chi connectivity index (χ2v) is 6.63. The fraction of sp³-hybridized carbons (Fsp3) is 0.278. The summed E-state index contributed by atoms with van der Waals surface area (Å²) in [5.41, 5.74) is 1.24. The Bertz CT molecular complexity index is 1080. The molecule has 1 aliphatic carbocycles. The molecule has 0 spiro atoms. The normalized spacial score (nSPS) is 12.9. The molecule has 0 saturated heterocycles. The third-order valence-corrected chi connectivity index (χ3v) is 4.25. The van der Waals surface area contributed by atoms with Crippen molar-refractivity contribution in [2.45, 2.75) is 18.8 Å². The van der Waals surface area contributed by atoms with Crippen LogP contribution in [0.15, 0.2) is 31.1 Å². The second kappa shape index (κ2) is 8.11. The fourth-order valence-electron chi connectivity index (χ4n) is 2.69. The number of carbonyl (C=O) groups excluding carboxylic acids is 2. The zero-order valence-electron chi connectivity index (χ0n) is 16.3. The Hall–Kier alpha value is -4.09. The van der Waals surface area contributed by atoms with Crippen molar-refractivity contribution in [2.24, 2.45) is 7.05 Å². The highest BCUT2D eigenvalue weighted by molar-refractivity contribution is 6.01. The summed E-state index contributed by atoms with van der Waals surface area (Å²) in [5.74, 6) is 0.497. The van der Waals surface area contributed by atoms with E-state index >= 15 is 0 Å². The van der Waals surface area contributed by atoms with Crippen LogP contribution in [0.4, 0.5) is 21.9 Å². The van der Waals surface area contributed by atoms with E-state index in [1.807, 2.05) is 0 Å². The molecule has 4 rings (SSSR count). The topological polar surface area (TPSA) is 149 Å². The summed E-state index contributed by atoms with van der Waals surface area (Å²) in [7, 11) is 3.11. The number of nitrogens with zero attached hydrogens (tertiary/aromatic N) is 6. The average Bonchev–Trinajstić information content (AvgIpc) is 3.52. The number of hydrogen-bond donors (Lipinski definition) is 3. The van der Waals surface area contributed by atoms with Crippen LogP contribution in [0.2, 0.25) is 0 Å². The van der Waals surface area contributed by atoms with Crippen LogP contribution >= 0.6 is 0 Å². The van der Waals surface area contributed by atoms with Crippen molar-refractivity contribution in [3.63, 3.8) is 0 Å². The molecule has 1 aliphatic rings. The Balaban J connectivity index is 1.56. The van der Waals surface area contributed by atoms with E-state index in [-0.39, 0.29) is 23.2 Å². The molecule has 154 valence electrons. The second-order valence-electron chi connectivity index (χ2n) is 6.63. The average molecular weight is 409 g/mol. The first-order valence-corrected chi connectivity index (χ1v) is 9.17. The molecule has 2 amide bonds. The number of amides is 2. The predicted octanol–water partition coefficient (Wildman–Crippen LogP) is 1.59. The molecule has 1 saturated carbocycles. The van der Waals surface area contributed by atoms with Crippen LogP contribution in [-0.2, 0) is 7.05 Å². The van der Waals surface area contributed by atoms with E-state index in [1.165, 1.54) is 24.3 Å². The van der Waals surface area contributed by atoms with E-state index in [0.717, 1.165) is 12.8 Å². The minimum atomic E-state index is -0.819. The van der Waals surface area contributed by atoms with Gasteiger partial charge in [0.05, 0.1) is 30.0 Å². The first kappa shape index (κ1) is 19.2. The molecule has 0 unspecified atom stereocenters. The number of ether oxygens (including phenoxy) is 1. The molecular weight excluding hydrogens is 390 g/mol. The number of carbonyl (C=O) groups is 2. The van der Waals surface area contributed by atoms with Crippen LogP contribution in [0.1, 0.15) is 35.1 Å². The Kier molecular flexibility index (Phi) is 5.20. The molecule has 0 bridgehead atoms. The third-order valence-electron chi connectivity index (χ3n) is 4.25. The highest BCUT2D eigenvalue weighted by Crippen LogP contribution is 2.39. The molecule has 12 nitrogen and oxygen atoms in total. The summed E-state index contributed by atoms with van der Waals surface area (Å²) in [6.07, 6.45) is 8.76. The van der Waals surface area contributed by atoms with E-state index in [9.17, 15) is 9.59 Å². The number of rotatable bonds is 6. The molecule has 0 radical (unpaired) electrons. The lowest BCUT2D eigenvalue weighted by Gasteiger charge is -2.12. The van der Waals surface area contributed by atoms with E-state index in [0.29, 0.717) is 17.2 Å². The van der Waals surface area contributed by atoms with E-state index < -0.39 is 12.0 Å². The smallest absolute Gasteiger partial charge is 0.389 e. The van der Waals surface area contributed by atoms with E-state index in [2.05, 4.69) is 41.0 Å². The van der Waals surface area contributed by atoms with Gasteiger partial charge in [0.25, 0.3) is 11.8 Å². The lowest BCUT2D eigenvalue weighted by molar-refractivity contribution is 0.0958. The van der Waals surface area contributed by atoms with Gasteiger partial charge in [-0.2, -0.15) is 10.1 Å². The molecule has 3 aromatic heterocycles. The summed E-state index contributed by atoms with van der Waals surface area (Å²) >= 11 is 0. The van der Waals surface area contributed by atoms with E-state index in [1.54, 1.807) is 25.6 Å². The molecule has 0 aromatic carbocycles. The van der Waals surface area contributed by atoms with Crippen LogP contribution in [0.3, 0.4) is 0 Å². The summed E-state index contributed by atoms with van der Waals surface area (Å²) in [6, 6.07) is 0. The lowest BCUT2D eigenvalue weighted by atomic mass is 10.3. The molecule has 3 N–H and O–H groups in total. The molecule has 3 heterocycles. The Morgan fingerprint density at radius 2 is 1.93 bits per heavy atom. The fourth-order valence-corrected chi connectivity index (χ4v) is 2.69. The largest absolute Gasteiger partial charge is 0.418 e. The third kappa shape index (κ3) is 4.32. The van der Waals surface area contributed by atoms with Gasteiger partial charge in [-0.3, -0.25) is 14.8 Å². The van der Waals surface area contributed by atoms with Gasteiger partial charge in [0, 0.05) is 26.2 Å². The number of nitrogens with one attached hydrogen (secondary N) is 3. The van der Waals surface area contributed by atoms with Crippen molar-refractivity contribution in [1.82, 2.24) is 35.0 Å². The Morgan fingerprint density at radius 3 is 2.63 bits per heavy atom. The molecule has 0 atom stereocenters. The highest BCUT2D eigenvalue weighted by Gasteiger charge is 2.28. The quantitative estimate of drug-likeness (QED) is 0.551. The summed E-state index contributed by atoms with van der Waals surface area (Å²) < 4.78 is 6.86. The van der Waals surface area contributed by atoms with Gasteiger partial charge in [-0.15, -0.1) is 0 Å². The monoisotopic (exact) mass is 409 g/mol. The summed E-state index contributed by atoms with van der Waals surface area (Å²) in [5, 5.41) is 12.1. The first-order chi connectivity index (χ1) is 14.5. The number of anilines is 3. The zero-order chi connectivity index (χ0) is 21.1. The molecule has 30 heavy (non-hydrogen) atoms. The van der Waals surface area contributed by atoms with Crippen LogP contribution in [-0.4, -0.2) is 48.8 Å². The van der Waals surface area contributed by atoms with Crippen LogP contribution < -0.4 is 20.7 Å². The van der Waals surface area contributed by atoms with Gasteiger partial charge in [0.2, 0.25) is 0 Å². The van der Waals surface area contributed by atoms with Crippen molar-refractivity contribution in [2.75, 3.05) is 17.7 Å². The SMILES string of the molecule is CNC(=O)c1nn(C)cc1NC(=O)Oc1nc(C2CC2)ncc1Nc1cncnc1. The van der Waals surface area contributed by atoms with Crippen molar-refractivity contribution in [1.29, 1.82) is 0 Å². The van der Waals surface area contributed by atoms with Crippen molar-refractivity contribution in [3.05, 3.63) is 42.6 Å².